The predicted octanol–water partition coefficient (Wildman–Crippen LogP) is 4.37. The molecule has 1 aromatic heterocycles. The minimum absolute atomic E-state index is 0.0451. The maximum Gasteiger partial charge on any atom is 0.231 e. The zero-order valence-corrected chi connectivity index (χ0v) is 15.9. The smallest absolute Gasteiger partial charge is 0.231 e. The van der Waals surface area contributed by atoms with E-state index in [0.717, 1.165) is 23.1 Å². The number of carbonyl (C=O) groups excluding carboxylic acids is 1. The van der Waals surface area contributed by atoms with Gasteiger partial charge in [-0.15, -0.1) is 0 Å². The van der Waals surface area contributed by atoms with Crippen molar-refractivity contribution in [3.05, 3.63) is 66.4 Å². The molecule has 1 atom stereocenters. The standard InChI is InChI=1S/C22H25BN3O/c1-3-4-14-23-19-12-10-17(11-13-19)16(2)22(27)25-20-15-24-26-21(20)18-8-6-5-7-9-18/h5-13,15-16H,3-4,14H2,1-2H3,(H,24,26)(H,25,27). The summed E-state index contributed by atoms with van der Waals surface area (Å²) in [6.45, 7) is 4.12. The number of nitrogens with one attached hydrogen (secondary N) is 2. The number of nitrogens with zero attached hydrogens (tertiary/aromatic N) is 1. The normalized spacial score (nSPS) is 11.8. The van der Waals surface area contributed by atoms with Crippen molar-refractivity contribution in [2.45, 2.75) is 38.9 Å². The predicted molar refractivity (Wildman–Crippen MR) is 113 cm³/mol. The van der Waals surface area contributed by atoms with Gasteiger partial charge in [-0.2, -0.15) is 5.10 Å². The summed E-state index contributed by atoms with van der Waals surface area (Å²) in [7, 11) is 2.25. The highest BCUT2D eigenvalue weighted by molar-refractivity contribution is 6.53. The molecule has 27 heavy (non-hydrogen) atoms. The lowest BCUT2D eigenvalue weighted by atomic mass is 9.66. The number of amides is 1. The molecule has 137 valence electrons. The Labute approximate surface area is 161 Å². The van der Waals surface area contributed by atoms with E-state index in [-0.39, 0.29) is 11.8 Å². The topological polar surface area (TPSA) is 57.8 Å². The SMILES string of the molecule is CCCC[B]c1ccc(C(C)C(=O)Nc2cn[nH]c2-c2ccccc2)cc1. The van der Waals surface area contributed by atoms with E-state index in [1.807, 2.05) is 49.4 Å². The molecule has 1 radical (unpaired) electrons. The summed E-state index contributed by atoms with van der Waals surface area (Å²) < 4.78 is 0. The molecular weight excluding hydrogens is 333 g/mol. The summed E-state index contributed by atoms with van der Waals surface area (Å²) in [6, 6.07) is 18.1. The molecule has 1 heterocycles. The summed E-state index contributed by atoms with van der Waals surface area (Å²) in [5.41, 5.74) is 4.72. The summed E-state index contributed by atoms with van der Waals surface area (Å²) in [5.74, 6) is -0.287. The summed E-state index contributed by atoms with van der Waals surface area (Å²) in [5, 5.41) is 10.1. The van der Waals surface area contributed by atoms with Crippen LogP contribution in [0.4, 0.5) is 5.69 Å². The van der Waals surface area contributed by atoms with Crippen molar-refractivity contribution in [2.24, 2.45) is 0 Å². The van der Waals surface area contributed by atoms with E-state index < -0.39 is 0 Å². The fourth-order valence-corrected chi connectivity index (χ4v) is 2.99. The van der Waals surface area contributed by atoms with Gasteiger partial charge in [0.05, 0.1) is 23.5 Å². The quantitative estimate of drug-likeness (QED) is 0.464. The van der Waals surface area contributed by atoms with E-state index in [4.69, 9.17) is 0 Å². The van der Waals surface area contributed by atoms with Gasteiger partial charge in [0, 0.05) is 5.56 Å². The number of unbranched alkanes of at least 4 members (excludes halogenated alkanes) is 1. The summed E-state index contributed by atoms with van der Waals surface area (Å²) >= 11 is 0. The number of aromatic nitrogens is 2. The Kier molecular flexibility index (Phi) is 6.47. The molecule has 1 amide bonds. The van der Waals surface area contributed by atoms with Crippen LogP contribution in [0.2, 0.25) is 6.32 Å². The van der Waals surface area contributed by atoms with E-state index in [0.29, 0.717) is 5.69 Å². The van der Waals surface area contributed by atoms with Gasteiger partial charge < -0.3 is 5.32 Å². The lowest BCUT2D eigenvalue weighted by Crippen LogP contribution is -2.20. The molecule has 0 aliphatic carbocycles. The number of carbonyl (C=O) groups is 1. The Morgan fingerprint density at radius 2 is 1.89 bits per heavy atom. The zero-order chi connectivity index (χ0) is 19.1. The minimum atomic E-state index is -0.242. The Morgan fingerprint density at radius 1 is 1.15 bits per heavy atom. The lowest BCUT2D eigenvalue weighted by molar-refractivity contribution is -0.117. The van der Waals surface area contributed by atoms with Crippen LogP contribution in [0.1, 0.15) is 38.2 Å². The number of benzene rings is 2. The van der Waals surface area contributed by atoms with Crippen molar-refractivity contribution < 1.29 is 4.79 Å². The van der Waals surface area contributed by atoms with E-state index in [2.05, 4.69) is 41.9 Å². The van der Waals surface area contributed by atoms with Gasteiger partial charge in [-0.25, -0.2) is 0 Å². The average Bonchev–Trinajstić information content (AvgIpc) is 3.17. The molecule has 0 bridgehead atoms. The molecular formula is C22H25BN3O. The van der Waals surface area contributed by atoms with Crippen LogP contribution < -0.4 is 10.8 Å². The second kappa shape index (κ2) is 9.22. The van der Waals surface area contributed by atoms with Crippen LogP contribution in [0, 0.1) is 0 Å². The molecule has 2 aromatic carbocycles. The van der Waals surface area contributed by atoms with Gasteiger partial charge in [0.25, 0.3) is 0 Å². The van der Waals surface area contributed by atoms with Gasteiger partial charge in [-0.3, -0.25) is 9.89 Å². The first-order valence-corrected chi connectivity index (χ1v) is 9.52. The van der Waals surface area contributed by atoms with Crippen LogP contribution in [-0.2, 0) is 4.79 Å². The first kappa shape index (κ1) is 19.0. The number of H-pyrrole nitrogens is 1. The van der Waals surface area contributed by atoms with Crippen LogP contribution >= 0.6 is 0 Å². The number of rotatable bonds is 8. The summed E-state index contributed by atoms with van der Waals surface area (Å²) in [6.07, 6.45) is 5.15. The largest absolute Gasteiger partial charge is 0.322 e. The van der Waals surface area contributed by atoms with Gasteiger partial charge in [-0.1, -0.05) is 86.1 Å². The van der Waals surface area contributed by atoms with E-state index in [1.165, 1.54) is 18.3 Å². The van der Waals surface area contributed by atoms with E-state index in [9.17, 15) is 4.79 Å². The van der Waals surface area contributed by atoms with Crippen LogP contribution in [-0.4, -0.2) is 23.4 Å². The molecule has 0 saturated heterocycles. The highest BCUT2D eigenvalue weighted by Gasteiger charge is 2.18. The lowest BCUT2D eigenvalue weighted by Gasteiger charge is -2.13. The van der Waals surface area contributed by atoms with Crippen molar-refractivity contribution in [3.63, 3.8) is 0 Å². The van der Waals surface area contributed by atoms with Crippen molar-refractivity contribution >= 4 is 24.3 Å². The van der Waals surface area contributed by atoms with E-state index in [1.54, 1.807) is 6.20 Å². The molecule has 3 rings (SSSR count). The van der Waals surface area contributed by atoms with Crippen LogP contribution in [0.3, 0.4) is 0 Å². The van der Waals surface area contributed by atoms with Crippen LogP contribution in [0.15, 0.2) is 60.8 Å². The highest BCUT2D eigenvalue weighted by Crippen LogP contribution is 2.26. The second-order valence-electron chi connectivity index (χ2n) is 6.75. The van der Waals surface area contributed by atoms with Gasteiger partial charge in [0.1, 0.15) is 0 Å². The van der Waals surface area contributed by atoms with Crippen molar-refractivity contribution in [3.8, 4) is 11.3 Å². The Hall–Kier alpha value is -2.82. The first-order chi connectivity index (χ1) is 13.2. The monoisotopic (exact) mass is 358 g/mol. The van der Waals surface area contributed by atoms with Crippen molar-refractivity contribution in [2.75, 3.05) is 5.32 Å². The maximum atomic E-state index is 12.7. The van der Waals surface area contributed by atoms with Gasteiger partial charge in [-0.05, 0) is 12.5 Å². The third-order valence-corrected chi connectivity index (χ3v) is 4.73. The molecule has 2 N–H and O–H groups in total. The van der Waals surface area contributed by atoms with Gasteiger partial charge in [0.15, 0.2) is 7.28 Å². The molecule has 0 fully saturated rings. The molecule has 0 spiro atoms. The van der Waals surface area contributed by atoms with Crippen LogP contribution in [0.5, 0.6) is 0 Å². The third kappa shape index (κ3) is 4.88. The Bertz CT molecular complexity index is 859. The Balaban J connectivity index is 1.66. The molecule has 1 unspecified atom stereocenters. The van der Waals surface area contributed by atoms with E-state index >= 15 is 0 Å². The van der Waals surface area contributed by atoms with Gasteiger partial charge in [0.2, 0.25) is 5.91 Å². The maximum absolute atomic E-state index is 12.7. The molecule has 4 nitrogen and oxygen atoms in total. The molecule has 3 aromatic rings. The molecule has 5 heteroatoms. The number of anilines is 1. The minimum Gasteiger partial charge on any atom is -0.322 e. The molecule has 0 aliphatic heterocycles. The summed E-state index contributed by atoms with van der Waals surface area (Å²) in [4.78, 5) is 12.7. The second-order valence-corrected chi connectivity index (χ2v) is 6.75. The number of aromatic amines is 1. The number of hydrogen-bond donors (Lipinski definition) is 2. The van der Waals surface area contributed by atoms with Crippen molar-refractivity contribution in [1.29, 1.82) is 0 Å². The van der Waals surface area contributed by atoms with Crippen LogP contribution in [0.25, 0.3) is 11.3 Å². The highest BCUT2D eigenvalue weighted by atomic mass is 16.1. The number of hydrogen-bond acceptors (Lipinski definition) is 2. The van der Waals surface area contributed by atoms with Gasteiger partial charge >= 0.3 is 0 Å². The first-order valence-electron chi connectivity index (χ1n) is 9.52. The molecule has 0 saturated carbocycles. The zero-order valence-electron chi connectivity index (χ0n) is 15.9. The van der Waals surface area contributed by atoms with Crippen molar-refractivity contribution in [1.82, 2.24) is 10.2 Å². The average molecular weight is 358 g/mol. The fraction of sp³-hybridized carbons (Fsp3) is 0.273. The third-order valence-electron chi connectivity index (χ3n) is 4.73. The molecule has 0 aliphatic rings. The fourth-order valence-electron chi connectivity index (χ4n) is 2.99. The Morgan fingerprint density at radius 3 is 2.59 bits per heavy atom.